The summed E-state index contributed by atoms with van der Waals surface area (Å²) in [6.45, 7) is 0. The Labute approximate surface area is 359 Å². The van der Waals surface area contributed by atoms with Gasteiger partial charge in [-0.05, 0) is 87.0 Å². The molecule has 0 radical (unpaired) electrons. The van der Waals surface area contributed by atoms with Crippen LogP contribution < -0.4 is 0 Å². The summed E-state index contributed by atoms with van der Waals surface area (Å²) in [6, 6.07) is 79.6. The summed E-state index contributed by atoms with van der Waals surface area (Å²) in [5.74, 6) is 1.89. The first-order valence-corrected chi connectivity index (χ1v) is 21.3. The van der Waals surface area contributed by atoms with Crippen molar-refractivity contribution in [2.24, 2.45) is 0 Å². The average Bonchev–Trinajstić information content (AvgIpc) is 3.73. The molecule has 0 fully saturated rings. The molecular weight excluding hydrogens is 759 g/mol. The van der Waals surface area contributed by atoms with Gasteiger partial charge in [-0.2, -0.15) is 0 Å². The lowest BCUT2D eigenvalue weighted by Crippen LogP contribution is -2.00. The van der Waals surface area contributed by atoms with Crippen LogP contribution in [0.5, 0.6) is 0 Å². The molecule has 2 heterocycles. The fraction of sp³-hybridized carbons (Fsp3) is 0. The fourth-order valence-electron chi connectivity index (χ4n) is 8.27. The molecule has 0 aliphatic carbocycles. The second-order valence-electron chi connectivity index (χ2n) is 15.2. The smallest absolute Gasteiger partial charge is 0.164 e. The third-order valence-corrected chi connectivity index (χ3v) is 12.6. The van der Waals surface area contributed by atoms with Crippen LogP contribution in [0.3, 0.4) is 0 Å². The van der Waals surface area contributed by atoms with Gasteiger partial charge < -0.3 is 0 Å². The van der Waals surface area contributed by atoms with Gasteiger partial charge in [0.05, 0.1) is 0 Å². The van der Waals surface area contributed by atoms with E-state index in [1.54, 1.807) is 0 Å². The molecule has 0 saturated carbocycles. The van der Waals surface area contributed by atoms with Crippen molar-refractivity contribution in [1.82, 2.24) is 15.0 Å². The van der Waals surface area contributed by atoms with Crippen LogP contribution in [-0.4, -0.2) is 15.0 Å². The summed E-state index contributed by atoms with van der Waals surface area (Å²) >= 11 is 1.87. The lowest BCUT2D eigenvalue weighted by atomic mass is 9.91. The van der Waals surface area contributed by atoms with Crippen molar-refractivity contribution < 1.29 is 0 Å². The normalized spacial score (nSPS) is 11.3. The average molecular weight is 796 g/mol. The molecule has 0 aliphatic heterocycles. The maximum Gasteiger partial charge on any atom is 0.164 e. The Kier molecular flexibility index (Phi) is 9.38. The minimum absolute atomic E-state index is 0.623. The first kappa shape index (κ1) is 36.3. The van der Waals surface area contributed by atoms with Gasteiger partial charge in [-0.1, -0.05) is 182 Å². The maximum atomic E-state index is 5.20. The predicted molar refractivity (Wildman–Crippen MR) is 256 cm³/mol. The molecule has 286 valence electrons. The van der Waals surface area contributed by atoms with E-state index >= 15 is 0 Å². The molecule has 0 atom stereocenters. The Balaban J connectivity index is 1.21. The molecule has 0 N–H and O–H groups in total. The van der Waals surface area contributed by atoms with E-state index in [1.807, 2.05) is 47.7 Å². The number of nitrogens with zero attached hydrogens (tertiary/aromatic N) is 3. The quantitative estimate of drug-likeness (QED) is 0.154. The summed E-state index contributed by atoms with van der Waals surface area (Å²) in [7, 11) is 0. The summed E-state index contributed by atoms with van der Waals surface area (Å²) in [5, 5.41) is 2.48. The van der Waals surface area contributed by atoms with Gasteiger partial charge in [0.1, 0.15) is 0 Å². The van der Waals surface area contributed by atoms with Crippen molar-refractivity contribution in [3.8, 4) is 89.8 Å². The number of thiophene rings is 1. The van der Waals surface area contributed by atoms with Crippen molar-refractivity contribution in [2.75, 3.05) is 0 Å². The van der Waals surface area contributed by atoms with Crippen LogP contribution in [0.1, 0.15) is 0 Å². The van der Waals surface area contributed by atoms with Gasteiger partial charge in [0.2, 0.25) is 0 Å². The predicted octanol–water partition coefficient (Wildman–Crippen LogP) is 15.6. The third-order valence-electron chi connectivity index (χ3n) is 11.3. The largest absolute Gasteiger partial charge is 0.208 e. The molecule has 0 unspecified atom stereocenters. The first-order chi connectivity index (χ1) is 30.2. The van der Waals surface area contributed by atoms with Gasteiger partial charge in [-0.3, -0.25) is 0 Å². The number of hydrogen-bond acceptors (Lipinski definition) is 4. The monoisotopic (exact) mass is 795 g/mol. The molecule has 11 aromatic rings. The van der Waals surface area contributed by atoms with E-state index in [-0.39, 0.29) is 0 Å². The molecule has 11 rings (SSSR count). The standard InChI is InChI=1S/C57H37N3S/c1-7-19-38(20-8-1)44-31-47(33-48(32-44)57-59-55(42-27-15-5-16-28-42)58-56(60-57)43-29-17-6-18-30-43)50-35-46(40-23-11-3-12-24-40)37-52-51-36-45(39-21-9-2-10-22-39)34-49(53(51)61-54(50)52)41-25-13-4-14-26-41/h1-37H. The van der Waals surface area contributed by atoms with Crippen LogP contribution in [0, 0.1) is 0 Å². The molecule has 0 spiro atoms. The lowest BCUT2D eigenvalue weighted by Gasteiger charge is -2.14. The minimum Gasteiger partial charge on any atom is -0.208 e. The summed E-state index contributed by atoms with van der Waals surface area (Å²) in [5.41, 5.74) is 14.4. The zero-order valence-electron chi connectivity index (χ0n) is 33.1. The molecular formula is C57H37N3S. The second-order valence-corrected chi connectivity index (χ2v) is 16.2. The van der Waals surface area contributed by atoms with Gasteiger partial charge in [0, 0.05) is 48.0 Å². The topological polar surface area (TPSA) is 38.7 Å². The van der Waals surface area contributed by atoms with Crippen molar-refractivity contribution in [1.29, 1.82) is 0 Å². The Morgan fingerprint density at radius 3 is 0.934 bits per heavy atom. The maximum absolute atomic E-state index is 5.20. The van der Waals surface area contributed by atoms with Gasteiger partial charge in [0.15, 0.2) is 17.5 Å². The molecule has 0 bridgehead atoms. The van der Waals surface area contributed by atoms with Gasteiger partial charge >= 0.3 is 0 Å². The summed E-state index contributed by atoms with van der Waals surface area (Å²) in [4.78, 5) is 15.4. The molecule has 9 aromatic carbocycles. The van der Waals surface area contributed by atoms with Crippen LogP contribution >= 0.6 is 11.3 Å². The van der Waals surface area contributed by atoms with Crippen molar-refractivity contribution in [3.63, 3.8) is 0 Å². The summed E-state index contributed by atoms with van der Waals surface area (Å²) < 4.78 is 2.50. The molecule has 0 amide bonds. The van der Waals surface area contributed by atoms with Crippen LogP contribution in [0.4, 0.5) is 0 Å². The van der Waals surface area contributed by atoms with Gasteiger partial charge in [-0.25, -0.2) is 15.0 Å². The Bertz CT molecular complexity index is 3260. The molecule has 0 aliphatic rings. The molecule has 3 nitrogen and oxygen atoms in total. The van der Waals surface area contributed by atoms with Crippen molar-refractivity contribution >= 4 is 31.5 Å². The highest BCUT2D eigenvalue weighted by molar-refractivity contribution is 7.27. The highest BCUT2D eigenvalue weighted by atomic mass is 32.1. The number of benzene rings is 9. The van der Waals surface area contributed by atoms with E-state index in [0.717, 1.165) is 38.9 Å². The lowest BCUT2D eigenvalue weighted by molar-refractivity contribution is 1.07. The molecule has 0 saturated heterocycles. The van der Waals surface area contributed by atoms with Crippen molar-refractivity contribution in [2.45, 2.75) is 0 Å². The highest BCUT2D eigenvalue weighted by Gasteiger charge is 2.20. The summed E-state index contributed by atoms with van der Waals surface area (Å²) in [6.07, 6.45) is 0. The van der Waals surface area contributed by atoms with Crippen LogP contribution in [0.15, 0.2) is 224 Å². The number of fused-ring (bicyclic) bond motifs is 3. The van der Waals surface area contributed by atoms with Crippen LogP contribution in [0.2, 0.25) is 0 Å². The van der Waals surface area contributed by atoms with Crippen LogP contribution in [-0.2, 0) is 0 Å². The van der Waals surface area contributed by atoms with E-state index in [0.29, 0.717) is 17.5 Å². The van der Waals surface area contributed by atoms with Gasteiger partial charge in [0.25, 0.3) is 0 Å². The van der Waals surface area contributed by atoms with Crippen molar-refractivity contribution in [3.05, 3.63) is 224 Å². The minimum atomic E-state index is 0.623. The highest BCUT2D eigenvalue weighted by Crippen LogP contribution is 2.48. The second kappa shape index (κ2) is 15.8. The van der Waals surface area contributed by atoms with E-state index in [4.69, 9.17) is 15.0 Å². The number of rotatable bonds is 8. The third kappa shape index (κ3) is 7.09. The zero-order chi connectivity index (χ0) is 40.5. The van der Waals surface area contributed by atoms with E-state index in [9.17, 15) is 0 Å². The Morgan fingerprint density at radius 1 is 0.230 bits per heavy atom. The SMILES string of the molecule is c1ccc(-c2cc(-c3nc(-c4ccccc4)nc(-c4ccccc4)n3)cc(-c3cc(-c4ccccc4)cc4c3sc3c(-c5ccccc5)cc(-c5ccccc5)cc34)c2)cc1. The zero-order valence-corrected chi connectivity index (χ0v) is 33.9. The van der Waals surface area contributed by atoms with E-state index < -0.39 is 0 Å². The van der Waals surface area contributed by atoms with Gasteiger partial charge in [-0.15, -0.1) is 11.3 Å². The molecule has 61 heavy (non-hydrogen) atoms. The van der Waals surface area contributed by atoms with E-state index in [2.05, 4.69) is 188 Å². The van der Waals surface area contributed by atoms with E-state index in [1.165, 1.54) is 53.6 Å². The fourth-order valence-corrected chi connectivity index (χ4v) is 9.60. The molecule has 4 heteroatoms. The molecule has 2 aromatic heterocycles. The Hall–Kier alpha value is -7.79. The Morgan fingerprint density at radius 2 is 0.525 bits per heavy atom. The number of hydrogen-bond donors (Lipinski definition) is 0. The van der Waals surface area contributed by atoms with Crippen LogP contribution in [0.25, 0.3) is 110 Å². The first-order valence-electron chi connectivity index (χ1n) is 20.5. The number of aromatic nitrogens is 3.